The zero-order valence-electron chi connectivity index (χ0n) is 7.82. The molecule has 2 amide bonds. The first-order chi connectivity index (χ1) is 6.07. The van der Waals surface area contributed by atoms with Crippen molar-refractivity contribution in [2.75, 3.05) is 13.1 Å². The minimum absolute atomic E-state index is 0.0875. The Balaban J connectivity index is 2.69. The summed E-state index contributed by atoms with van der Waals surface area (Å²) in [6, 6.07) is 0. The SMILES string of the molecule is CC(C)[C@@H]1SC(=O)N(CCN)C1=O. The van der Waals surface area contributed by atoms with E-state index >= 15 is 0 Å². The Bertz CT molecular complexity index is 230. The van der Waals surface area contributed by atoms with Gasteiger partial charge in [-0.15, -0.1) is 0 Å². The molecule has 1 fully saturated rings. The van der Waals surface area contributed by atoms with Gasteiger partial charge in [0.05, 0.1) is 5.25 Å². The molecule has 4 nitrogen and oxygen atoms in total. The van der Waals surface area contributed by atoms with Crippen LogP contribution in [0.15, 0.2) is 0 Å². The average molecular weight is 202 g/mol. The van der Waals surface area contributed by atoms with Gasteiger partial charge < -0.3 is 5.73 Å². The summed E-state index contributed by atoms with van der Waals surface area (Å²) < 4.78 is 0. The van der Waals surface area contributed by atoms with E-state index in [9.17, 15) is 9.59 Å². The zero-order valence-corrected chi connectivity index (χ0v) is 8.63. The summed E-state index contributed by atoms with van der Waals surface area (Å²) >= 11 is 1.11. The Kier molecular flexibility index (Phi) is 3.33. The second kappa shape index (κ2) is 4.11. The van der Waals surface area contributed by atoms with Gasteiger partial charge in [0.15, 0.2) is 0 Å². The van der Waals surface area contributed by atoms with Crippen LogP contribution in [0, 0.1) is 5.92 Å². The summed E-state index contributed by atoms with van der Waals surface area (Å²) in [6.07, 6.45) is 0. The normalized spacial score (nSPS) is 23.4. The molecule has 1 heterocycles. The van der Waals surface area contributed by atoms with Crippen molar-refractivity contribution < 1.29 is 9.59 Å². The number of carbonyl (C=O) groups is 2. The van der Waals surface area contributed by atoms with Gasteiger partial charge >= 0.3 is 0 Å². The molecule has 0 aromatic heterocycles. The number of nitrogens with zero attached hydrogens (tertiary/aromatic N) is 1. The maximum atomic E-state index is 11.6. The molecule has 1 aliphatic heterocycles. The minimum Gasteiger partial charge on any atom is -0.329 e. The maximum Gasteiger partial charge on any atom is 0.289 e. The minimum atomic E-state index is -0.209. The van der Waals surface area contributed by atoms with E-state index in [1.165, 1.54) is 4.90 Å². The van der Waals surface area contributed by atoms with Crippen molar-refractivity contribution in [3.8, 4) is 0 Å². The van der Waals surface area contributed by atoms with Crippen LogP contribution in [-0.2, 0) is 4.79 Å². The summed E-state index contributed by atoms with van der Waals surface area (Å²) in [6.45, 7) is 4.56. The van der Waals surface area contributed by atoms with Gasteiger partial charge in [-0.25, -0.2) is 0 Å². The highest BCUT2D eigenvalue weighted by molar-refractivity contribution is 8.15. The number of thioether (sulfide) groups is 1. The van der Waals surface area contributed by atoms with E-state index in [-0.39, 0.29) is 22.3 Å². The van der Waals surface area contributed by atoms with E-state index in [1.807, 2.05) is 13.8 Å². The smallest absolute Gasteiger partial charge is 0.289 e. The van der Waals surface area contributed by atoms with Crippen molar-refractivity contribution in [2.45, 2.75) is 19.1 Å². The summed E-state index contributed by atoms with van der Waals surface area (Å²) in [5, 5.41) is -0.367. The Labute approximate surface area is 81.8 Å². The van der Waals surface area contributed by atoms with Gasteiger partial charge in [-0.1, -0.05) is 25.6 Å². The molecule has 2 N–H and O–H groups in total. The molecule has 0 radical (unpaired) electrons. The second-order valence-corrected chi connectivity index (χ2v) is 4.42. The van der Waals surface area contributed by atoms with E-state index in [0.717, 1.165) is 11.8 Å². The molecule has 1 atom stereocenters. The van der Waals surface area contributed by atoms with Crippen molar-refractivity contribution >= 4 is 22.9 Å². The lowest BCUT2D eigenvalue weighted by Crippen LogP contribution is -2.36. The predicted molar refractivity (Wildman–Crippen MR) is 52.4 cm³/mol. The highest BCUT2D eigenvalue weighted by Crippen LogP contribution is 2.31. The fraction of sp³-hybridized carbons (Fsp3) is 0.750. The fourth-order valence-corrected chi connectivity index (χ4v) is 2.24. The van der Waals surface area contributed by atoms with Crippen molar-refractivity contribution in [2.24, 2.45) is 11.7 Å². The Morgan fingerprint density at radius 1 is 1.54 bits per heavy atom. The number of carbonyl (C=O) groups excluding carboxylic acids is 2. The summed E-state index contributed by atoms with van der Waals surface area (Å²) in [4.78, 5) is 24.1. The number of hydrogen-bond donors (Lipinski definition) is 1. The number of hydrogen-bond acceptors (Lipinski definition) is 4. The van der Waals surface area contributed by atoms with Gasteiger partial charge in [0.2, 0.25) is 5.91 Å². The van der Waals surface area contributed by atoms with Gasteiger partial charge in [-0.3, -0.25) is 14.5 Å². The molecular formula is C8H14N2O2S. The van der Waals surface area contributed by atoms with E-state index in [4.69, 9.17) is 5.73 Å². The van der Waals surface area contributed by atoms with Gasteiger partial charge in [0.25, 0.3) is 5.24 Å². The van der Waals surface area contributed by atoms with Gasteiger partial charge in [0.1, 0.15) is 0 Å². The molecular weight excluding hydrogens is 188 g/mol. The molecule has 0 aromatic carbocycles. The standard InChI is InChI=1S/C8H14N2O2S/c1-5(2)6-7(11)10(4-3-9)8(12)13-6/h5-6H,3-4,9H2,1-2H3/t6-/m0/s1. The van der Waals surface area contributed by atoms with Crippen LogP contribution in [0.4, 0.5) is 4.79 Å². The molecule has 0 aliphatic carbocycles. The van der Waals surface area contributed by atoms with Gasteiger partial charge in [0, 0.05) is 13.1 Å². The quantitative estimate of drug-likeness (QED) is 0.730. The first-order valence-electron chi connectivity index (χ1n) is 4.30. The number of imide groups is 1. The molecule has 0 saturated carbocycles. The van der Waals surface area contributed by atoms with Crippen LogP contribution in [-0.4, -0.2) is 34.4 Å². The largest absolute Gasteiger partial charge is 0.329 e. The summed E-state index contributed by atoms with van der Waals surface area (Å²) in [7, 11) is 0. The molecule has 0 spiro atoms. The van der Waals surface area contributed by atoms with Crippen molar-refractivity contribution in [3.05, 3.63) is 0 Å². The third kappa shape index (κ3) is 2.03. The van der Waals surface area contributed by atoms with Crippen LogP contribution in [0.1, 0.15) is 13.8 Å². The monoisotopic (exact) mass is 202 g/mol. The molecule has 1 rings (SSSR count). The van der Waals surface area contributed by atoms with Crippen LogP contribution in [0.5, 0.6) is 0 Å². The van der Waals surface area contributed by atoms with Crippen LogP contribution in [0.2, 0.25) is 0 Å². The highest BCUT2D eigenvalue weighted by atomic mass is 32.2. The highest BCUT2D eigenvalue weighted by Gasteiger charge is 2.40. The van der Waals surface area contributed by atoms with Crippen LogP contribution in [0.3, 0.4) is 0 Å². The molecule has 5 heteroatoms. The number of rotatable bonds is 3. The Morgan fingerprint density at radius 3 is 2.54 bits per heavy atom. The average Bonchev–Trinajstić information content (AvgIpc) is 2.32. The van der Waals surface area contributed by atoms with Crippen LogP contribution in [0.25, 0.3) is 0 Å². The topological polar surface area (TPSA) is 63.4 Å². The molecule has 0 unspecified atom stereocenters. The molecule has 13 heavy (non-hydrogen) atoms. The summed E-state index contributed by atoms with van der Waals surface area (Å²) in [5.41, 5.74) is 5.30. The first-order valence-corrected chi connectivity index (χ1v) is 5.18. The molecule has 0 aromatic rings. The first kappa shape index (κ1) is 10.5. The zero-order chi connectivity index (χ0) is 10.0. The van der Waals surface area contributed by atoms with E-state index < -0.39 is 0 Å². The van der Waals surface area contributed by atoms with E-state index in [2.05, 4.69) is 0 Å². The lowest BCUT2D eigenvalue weighted by atomic mass is 10.1. The third-order valence-corrected chi connectivity index (χ3v) is 3.34. The fourth-order valence-electron chi connectivity index (χ4n) is 1.22. The van der Waals surface area contributed by atoms with Crippen molar-refractivity contribution in [1.29, 1.82) is 0 Å². The molecule has 74 valence electrons. The predicted octanol–water partition coefficient (Wildman–Crippen LogP) is 0.665. The van der Waals surface area contributed by atoms with Crippen molar-refractivity contribution in [1.82, 2.24) is 4.90 Å². The lowest BCUT2D eigenvalue weighted by Gasteiger charge is -2.13. The van der Waals surface area contributed by atoms with Crippen molar-refractivity contribution in [3.63, 3.8) is 0 Å². The van der Waals surface area contributed by atoms with Gasteiger partial charge in [-0.05, 0) is 5.92 Å². The molecule has 1 aliphatic rings. The number of amides is 2. The Hall–Kier alpha value is -0.550. The van der Waals surface area contributed by atoms with E-state index in [0.29, 0.717) is 13.1 Å². The van der Waals surface area contributed by atoms with Gasteiger partial charge in [-0.2, -0.15) is 0 Å². The summed E-state index contributed by atoms with van der Waals surface area (Å²) in [5.74, 6) is 0.111. The Morgan fingerprint density at radius 2 is 2.15 bits per heavy atom. The third-order valence-electron chi connectivity index (χ3n) is 1.92. The van der Waals surface area contributed by atoms with E-state index in [1.54, 1.807) is 0 Å². The lowest BCUT2D eigenvalue weighted by molar-refractivity contribution is -0.127. The maximum absolute atomic E-state index is 11.6. The van der Waals surface area contributed by atoms with Crippen LogP contribution >= 0.6 is 11.8 Å². The number of nitrogens with two attached hydrogens (primary N) is 1. The molecule has 1 saturated heterocycles. The second-order valence-electron chi connectivity index (χ2n) is 3.33. The molecule has 0 bridgehead atoms. The van der Waals surface area contributed by atoms with Crippen LogP contribution < -0.4 is 5.73 Å².